The normalized spacial score (nSPS) is 9.94. The zero-order chi connectivity index (χ0) is 12.0. The topological polar surface area (TPSA) is 38.3 Å². The van der Waals surface area contributed by atoms with Crippen LogP contribution in [0.2, 0.25) is 0 Å². The molecule has 3 nitrogen and oxygen atoms in total. The Labute approximate surface area is 101 Å². The average molecular weight is 242 g/mol. The van der Waals surface area contributed by atoms with Gasteiger partial charge < -0.3 is 4.74 Å². The average Bonchev–Trinajstić information content (AvgIpc) is 2.29. The lowest BCUT2D eigenvalue weighted by Crippen LogP contribution is -2.16. The number of para-hydroxylation sites is 1. The molecule has 0 fully saturated rings. The van der Waals surface area contributed by atoms with Crippen molar-refractivity contribution in [1.29, 1.82) is 0 Å². The van der Waals surface area contributed by atoms with Gasteiger partial charge in [0.2, 0.25) is 0 Å². The van der Waals surface area contributed by atoms with E-state index in [-0.39, 0.29) is 6.61 Å². The van der Waals surface area contributed by atoms with Crippen molar-refractivity contribution in [1.82, 2.24) is 0 Å². The highest BCUT2D eigenvalue weighted by molar-refractivity contribution is 6.18. The number of rotatable bonds is 4. The van der Waals surface area contributed by atoms with Crippen LogP contribution in [0.5, 0.6) is 0 Å². The highest BCUT2D eigenvalue weighted by Crippen LogP contribution is 2.21. The summed E-state index contributed by atoms with van der Waals surface area (Å²) >= 11 is 5.43. The van der Waals surface area contributed by atoms with Crippen molar-refractivity contribution in [3.05, 3.63) is 29.3 Å². The number of carbonyl (C=O) groups excluding carboxylic acids is 1. The van der Waals surface area contributed by atoms with Gasteiger partial charge in [0, 0.05) is 0 Å². The van der Waals surface area contributed by atoms with Crippen LogP contribution >= 0.6 is 11.6 Å². The summed E-state index contributed by atoms with van der Waals surface area (Å²) in [7, 11) is 0. The fourth-order valence-electron chi connectivity index (χ4n) is 1.47. The van der Waals surface area contributed by atoms with E-state index in [0.29, 0.717) is 5.88 Å². The molecule has 0 saturated heterocycles. The molecule has 0 unspecified atom stereocenters. The lowest BCUT2D eigenvalue weighted by molar-refractivity contribution is 0.168. The van der Waals surface area contributed by atoms with E-state index < -0.39 is 6.09 Å². The molecule has 0 heterocycles. The van der Waals surface area contributed by atoms with Gasteiger partial charge in [-0.3, -0.25) is 5.32 Å². The van der Waals surface area contributed by atoms with Crippen LogP contribution in [0.1, 0.15) is 18.1 Å². The van der Waals surface area contributed by atoms with Crippen LogP contribution in [0.15, 0.2) is 18.2 Å². The molecule has 4 heteroatoms. The van der Waals surface area contributed by atoms with Crippen LogP contribution in [0.3, 0.4) is 0 Å². The molecule has 16 heavy (non-hydrogen) atoms. The van der Waals surface area contributed by atoms with Gasteiger partial charge in [0.25, 0.3) is 0 Å². The smallest absolute Gasteiger partial charge is 0.411 e. The van der Waals surface area contributed by atoms with Gasteiger partial charge in [-0.1, -0.05) is 25.1 Å². The summed E-state index contributed by atoms with van der Waals surface area (Å²) in [6.07, 6.45) is 0.414. The second-order valence-electron chi connectivity index (χ2n) is 3.41. The van der Waals surface area contributed by atoms with Gasteiger partial charge in [0.05, 0.1) is 11.6 Å². The van der Waals surface area contributed by atoms with Crippen LogP contribution in [-0.2, 0) is 11.2 Å². The summed E-state index contributed by atoms with van der Waals surface area (Å²) in [5.41, 5.74) is 2.97. The Bertz CT molecular complexity index is 366. The maximum absolute atomic E-state index is 11.4. The number of alkyl halides is 1. The van der Waals surface area contributed by atoms with E-state index >= 15 is 0 Å². The van der Waals surface area contributed by atoms with E-state index in [1.165, 1.54) is 0 Å². The highest BCUT2D eigenvalue weighted by Gasteiger charge is 2.08. The quantitative estimate of drug-likeness (QED) is 0.821. The molecule has 1 rings (SSSR count). The van der Waals surface area contributed by atoms with Gasteiger partial charge in [-0.2, -0.15) is 0 Å². The SMILES string of the molecule is CCc1cccc(C)c1NC(=O)OCCCl. The fraction of sp³-hybridized carbons (Fsp3) is 0.417. The number of ether oxygens (including phenoxy) is 1. The second kappa shape index (κ2) is 6.38. The Balaban J connectivity index is 2.75. The van der Waals surface area contributed by atoms with E-state index in [1.54, 1.807) is 0 Å². The first kappa shape index (κ1) is 12.8. The second-order valence-corrected chi connectivity index (χ2v) is 3.79. The molecule has 1 aromatic rings. The Morgan fingerprint density at radius 2 is 2.25 bits per heavy atom. The van der Waals surface area contributed by atoms with E-state index in [4.69, 9.17) is 16.3 Å². The van der Waals surface area contributed by atoms with Crippen LogP contribution in [0.25, 0.3) is 0 Å². The van der Waals surface area contributed by atoms with Crippen LogP contribution in [-0.4, -0.2) is 18.6 Å². The lowest BCUT2D eigenvalue weighted by Gasteiger charge is -2.12. The minimum absolute atomic E-state index is 0.223. The number of carbonyl (C=O) groups is 1. The number of nitrogens with one attached hydrogen (secondary N) is 1. The summed E-state index contributed by atoms with van der Waals surface area (Å²) in [4.78, 5) is 11.4. The molecule has 0 saturated carbocycles. The molecule has 0 bridgehead atoms. The molecular weight excluding hydrogens is 226 g/mol. The summed E-state index contributed by atoms with van der Waals surface area (Å²) < 4.78 is 4.87. The summed E-state index contributed by atoms with van der Waals surface area (Å²) in [6, 6.07) is 5.92. The number of halogens is 1. The molecule has 0 aliphatic heterocycles. The van der Waals surface area contributed by atoms with E-state index in [9.17, 15) is 4.79 Å². The summed E-state index contributed by atoms with van der Waals surface area (Å²) in [5.74, 6) is 0.307. The van der Waals surface area contributed by atoms with Gasteiger partial charge in [-0.15, -0.1) is 11.6 Å². The highest BCUT2D eigenvalue weighted by atomic mass is 35.5. The third-order valence-electron chi connectivity index (χ3n) is 2.28. The van der Waals surface area contributed by atoms with Crippen LogP contribution in [0.4, 0.5) is 10.5 Å². The molecule has 1 N–H and O–H groups in total. The lowest BCUT2D eigenvalue weighted by atomic mass is 10.1. The molecule has 0 aliphatic carbocycles. The van der Waals surface area contributed by atoms with Gasteiger partial charge >= 0.3 is 6.09 Å². The number of hydrogen-bond acceptors (Lipinski definition) is 2. The maximum atomic E-state index is 11.4. The van der Waals surface area contributed by atoms with Gasteiger partial charge in [-0.05, 0) is 24.5 Å². The van der Waals surface area contributed by atoms with Gasteiger partial charge in [0.1, 0.15) is 6.61 Å². The van der Waals surface area contributed by atoms with Crippen molar-refractivity contribution in [2.75, 3.05) is 17.8 Å². The molecule has 1 amide bonds. The van der Waals surface area contributed by atoms with Gasteiger partial charge in [0.15, 0.2) is 0 Å². The van der Waals surface area contributed by atoms with Crippen LogP contribution < -0.4 is 5.32 Å². The largest absolute Gasteiger partial charge is 0.448 e. The van der Waals surface area contributed by atoms with Crippen molar-refractivity contribution in [2.45, 2.75) is 20.3 Å². The zero-order valence-corrected chi connectivity index (χ0v) is 10.3. The fourth-order valence-corrected chi connectivity index (χ4v) is 1.55. The summed E-state index contributed by atoms with van der Waals surface area (Å²) in [5, 5.41) is 2.74. The zero-order valence-electron chi connectivity index (χ0n) is 9.55. The van der Waals surface area contributed by atoms with Crippen molar-refractivity contribution in [2.24, 2.45) is 0 Å². The molecule has 0 atom stereocenters. The van der Waals surface area contributed by atoms with Crippen molar-refractivity contribution in [3.8, 4) is 0 Å². The summed E-state index contributed by atoms with van der Waals surface area (Å²) in [6.45, 7) is 4.22. The molecule has 0 aromatic heterocycles. The van der Waals surface area contributed by atoms with Gasteiger partial charge in [-0.25, -0.2) is 4.79 Å². The predicted molar refractivity (Wildman–Crippen MR) is 66.2 cm³/mol. The van der Waals surface area contributed by atoms with E-state index in [2.05, 4.69) is 5.32 Å². The molecule has 88 valence electrons. The van der Waals surface area contributed by atoms with Crippen molar-refractivity contribution < 1.29 is 9.53 Å². The van der Waals surface area contributed by atoms with Crippen molar-refractivity contribution >= 4 is 23.4 Å². The van der Waals surface area contributed by atoms with Crippen molar-refractivity contribution in [3.63, 3.8) is 0 Å². The minimum atomic E-state index is -0.454. The standard InChI is InChI=1S/C12H16ClNO2/c1-3-10-6-4-5-9(2)11(10)14-12(15)16-8-7-13/h4-6H,3,7-8H2,1-2H3,(H,14,15). The maximum Gasteiger partial charge on any atom is 0.411 e. The first-order valence-corrected chi connectivity index (χ1v) is 5.80. The number of benzene rings is 1. The number of hydrogen-bond donors (Lipinski definition) is 1. The number of aryl methyl sites for hydroxylation is 2. The first-order chi connectivity index (χ1) is 7.69. The molecule has 1 aromatic carbocycles. The predicted octanol–water partition coefficient (Wildman–Crippen LogP) is 3.34. The third-order valence-corrected chi connectivity index (χ3v) is 2.43. The number of amides is 1. The molecular formula is C12H16ClNO2. The Morgan fingerprint density at radius 3 is 2.88 bits per heavy atom. The molecule has 0 aliphatic rings. The minimum Gasteiger partial charge on any atom is -0.448 e. The Kier molecular flexibility index (Phi) is 5.12. The third kappa shape index (κ3) is 3.42. The monoisotopic (exact) mass is 241 g/mol. The van der Waals surface area contributed by atoms with E-state index in [0.717, 1.165) is 23.2 Å². The van der Waals surface area contributed by atoms with E-state index in [1.807, 2.05) is 32.0 Å². The molecule has 0 radical (unpaired) electrons. The number of anilines is 1. The Morgan fingerprint density at radius 1 is 1.50 bits per heavy atom. The first-order valence-electron chi connectivity index (χ1n) is 5.27. The van der Waals surface area contributed by atoms with Crippen LogP contribution in [0, 0.1) is 6.92 Å². The molecule has 0 spiro atoms. The Hall–Kier alpha value is -1.22.